The Morgan fingerprint density at radius 2 is 2.00 bits per heavy atom. The number of amides is 2. The summed E-state index contributed by atoms with van der Waals surface area (Å²) in [6, 6.07) is 0.177. The van der Waals surface area contributed by atoms with Crippen molar-refractivity contribution in [2.24, 2.45) is 11.7 Å². The van der Waals surface area contributed by atoms with Gasteiger partial charge in [-0.25, -0.2) is 0 Å². The Morgan fingerprint density at radius 1 is 1.27 bits per heavy atom. The molecule has 1 saturated heterocycles. The van der Waals surface area contributed by atoms with E-state index >= 15 is 0 Å². The fraction of sp³-hybridized carbons (Fsp3) is 0.867. The van der Waals surface area contributed by atoms with Gasteiger partial charge in [0.25, 0.3) is 0 Å². The summed E-state index contributed by atoms with van der Waals surface area (Å²) in [6.45, 7) is 0.968. The van der Waals surface area contributed by atoms with Gasteiger partial charge in [-0.1, -0.05) is 19.3 Å². The fourth-order valence-corrected chi connectivity index (χ4v) is 4.28. The van der Waals surface area contributed by atoms with Crippen molar-refractivity contribution in [2.45, 2.75) is 57.0 Å². The zero-order chi connectivity index (χ0) is 15.1. The maximum atomic E-state index is 12.2. The van der Waals surface area contributed by atoms with Crippen LogP contribution in [0.25, 0.3) is 0 Å². The van der Waals surface area contributed by atoms with Gasteiger partial charge < -0.3 is 16.4 Å². The second-order valence-corrected chi connectivity index (χ2v) is 7.32. The topological polar surface area (TPSA) is 84.2 Å². The third-order valence-electron chi connectivity index (χ3n) is 4.42. The molecule has 22 heavy (non-hydrogen) atoms. The van der Waals surface area contributed by atoms with Crippen LogP contribution >= 0.6 is 24.2 Å². The number of nitrogens with one attached hydrogen (secondary N) is 2. The first kappa shape index (κ1) is 19.6. The van der Waals surface area contributed by atoms with Crippen molar-refractivity contribution in [1.29, 1.82) is 0 Å². The van der Waals surface area contributed by atoms with E-state index in [1.807, 2.05) is 11.8 Å². The minimum Gasteiger partial charge on any atom is -0.370 e. The van der Waals surface area contributed by atoms with Gasteiger partial charge in [-0.3, -0.25) is 9.59 Å². The van der Waals surface area contributed by atoms with Gasteiger partial charge in [0.05, 0.1) is 0 Å². The maximum absolute atomic E-state index is 12.2. The predicted molar refractivity (Wildman–Crippen MR) is 93.3 cm³/mol. The molecule has 1 saturated carbocycles. The second kappa shape index (κ2) is 10.3. The highest BCUT2D eigenvalue weighted by Gasteiger charge is 2.27. The average molecular weight is 350 g/mol. The van der Waals surface area contributed by atoms with Crippen LogP contribution in [0.2, 0.25) is 0 Å². The summed E-state index contributed by atoms with van der Waals surface area (Å²) in [5.74, 6) is 2.23. The Morgan fingerprint density at radius 3 is 2.59 bits per heavy atom. The monoisotopic (exact) mass is 349 g/mol. The summed E-state index contributed by atoms with van der Waals surface area (Å²) in [5, 5.41) is 6.45. The van der Waals surface area contributed by atoms with Crippen molar-refractivity contribution < 1.29 is 9.59 Å². The van der Waals surface area contributed by atoms with Gasteiger partial charge in [0.2, 0.25) is 11.8 Å². The smallest absolute Gasteiger partial charge is 0.221 e. The van der Waals surface area contributed by atoms with Crippen molar-refractivity contribution >= 4 is 36.0 Å². The lowest BCUT2D eigenvalue weighted by Crippen LogP contribution is -2.47. The molecule has 7 heteroatoms. The van der Waals surface area contributed by atoms with Gasteiger partial charge in [-0.15, -0.1) is 12.4 Å². The van der Waals surface area contributed by atoms with Crippen LogP contribution in [0, 0.1) is 5.92 Å². The molecule has 128 valence electrons. The Kier molecular flexibility index (Phi) is 9.21. The van der Waals surface area contributed by atoms with Gasteiger partial charge in [0.1, 0.15) is 0 Å². The minimum absolute atomic E-state index is 0. The number of thioether (sulfide) groups is 1. The molecule has 0 aromatic carbocycles. The summed E-state index contributed by atoms with van der Waals surface area (Å²) in [7, 11) is 0. The highest BCUT2D eigenvalue weighted by molar-refractivity contribution is 7.99. The third-order valence-corrected chi connectivity index (χ3v) is 5.55. The summed E-state index contributed by atoms with van der Waals surface area (Å²) in [4.78, 5) is 23.5. The lowest BCUT2D eigenvalue weighted by molar-refractivity contribution is -0.123. The number of halogens is 1. The molecule has 2 amide bonds. The highest BCUT2D eigenvalue weighted by Crippen LogP contribution is 2.27. The molecule has 0 aromatic rings. The molecule has 2 fully saturated rings. The molecule has 1 aliphatic carbocycles. The molecule has 0 aromatic heterocycles. The lowest BCUT2D eigenvalue weighted by Gasteiger charge is -2.31. The van der Waals surface area contributed by atoms with E-state index in [-0.39, 0.29) is 42.7 Å². The molecule has 0 spiro atoms. The van der Waals surface area contributed by atoms with Gasteiger partial charge in [-0.2, -0.15) is 11.8 Å². The molecule has 1 aliphatic heterocycles. The predicted octanol–water partition coefficient (Wildman–Crippen LogP) is 1.44. The van der Waals surface area contributed by atoms with E-state index in [1.54, 1.807) is 0 Å². The number of carbonyl (C=O) groups is 2. The second-order valence-electron chi connectivity index (χ2n) is 6.17. The number of carbonyl (C=O) groups excluding carboxylic acids is 2. The van der Waals surface area contributed by atoms with Crippen LogP contribution in [0.3, 0.4) is 0 Å². The first-order valence-corrected chi connectivity index (χ1v) is 9.19. The Hall–Kier alpha value is -0.460. The van der Waals surface area contributed by atoms with Crippen LogP contribution < -0.4 is 16.4 Å². The van der Waals surface area contributed by atoms with E-state index < -0.39 is 0 Å². The highest BCUT2D eigenvalue weighted by atomic mass is 35.5. The molecule has 4 N–H and O–H groups in total. The van der Waals surface area contributed by atoms with Crippen LogP contribution in [0.1, 0.15) is 44.9 Å². The standard InChI is InChI=1S/C15H27N3O2S.ClH/c16-14(19)9-13(11-4-2-1-3-5-11)18-15(20)8-12-10-21-7-6-17-12;/h11-13,17H,1-10H2,(H2,16,19)(H,18,20);1H. The molecule has 2 unspecified atom stereocenters. The van der Waals surface area contributed by atoms with Crippen molar-refractivity contribution in [2.75, 3.05) is 18.1 Å². The van der Waals surface area contributed by atoms with Crippen LogP contribution in [-0.4, -0.2) is 41.9 Å². The van der Waals surface area contributed by atoms with Crippen molar-refractivity contribution in [3.05, 3.63) is 0 Å². The minimum atomic E-state index is -0.322. The molecular formula is C15H28ClN3O2S. The van der Waals surface area contributed by atoms with E-state index in [0.717, 1.165) is 30.9 Å². The van der Waals surface area contributed by atoms with Crippen LogP contribution in [0.4, 0.5) is 0 Å². The first-order valence-electron chi connectivity index (χ1n) is 8.04. The Bertz CT molecular complexity index is 359. The average Bonchev–Trinajstić information content (AvgIpc) is 2.48. The summed E-state index contributed by atoms with van der Waals surface area (Å²) in [6.07, 6.45) is 6.59. The number of primary amides is 1. The molecular weight excluding hydrogens is 322 g/mol. The van der Waals surface area contributed by atoms with E-state index in [0.29, 0.717) is 12.3 Å². The molecule has 2 rings (SSSR count). The number of hydrogen-bond donors (Lipinski definition) is 3. The van der Waals surface area contributed by atoms with Crippen molar-refractivity contribution in [3.63, 3.8) is 0 Å². The summed E-state index contributed by atoms with van der Waals surface area (Å²) in [5.41, 5.74) is 5.35. The van der Waals surface area contributed by atoms with E-state index in [9.17, 15) is 9.59 Å². The van der Waals surface area contributed by atoms with Crippen molar-refractivity contribution in [3.8, 4) is 0 Å². The molecule has 0 bridgehead atoms. The number of nitrogens with two attached hydrogens (primary N) is 1. The van der Waals surface area contributed by atoms with Crippen LogP contribution in [0.5, 0.6) is 0 Å². The van der Waals surface area contributed by atoms with E-state index in [2.05, 4.69) is 10.6 Å². The molecule has 0 radical (unpaired) electrons. The lowest BCUT2D eigenvalue weighted by atomic mass is 9.82. The Balaban J connectivity index is 0.00000242. The molecule has 2 aliphatic rings. The van der Waals surface area contributed by atoms with Gasteiger partial charge in [-0.05, 0) is 18.8 Å². The van der Waals surface area contributed by atoms with Crippen molar-refractivity contribution in [1.82, 2.24) is 10.6 Å². The van der Waals surface area contributed by atoms with Crippen LogP contribution in [0.15, 0.2) is 0 Å². The molecule has 1 heterocycles. The number of rotatable bonds is 6. The normalized spacial score (nSPS) is 24.1. The van der Waals surface area contributed by atoms with Gasteiger partial charge in [0.15, 0.2) is 0 Å². The summed E-state index contributed by atoms with van der Waals surface area (Å²) >= 11 is 1.89. The summed E-state index contributed by atoms with van der Waals surface area (Å²) < 4.78 is 0. The molecule has 5 nitrogen and oxygen atoms in total. The zero-order valence-corrected chi connectivity index (χ0v) is 14.6. The number of hydrogen-bond acceptors (Lipinski definition) is 4. The Labute approximate surface area is 143 Å². The third kappa shape index (κ3) is 6.75. The largest absolute Gasteiger partial charge is 0.370 e. The van der Waals surface area contributed by atoms with Gasteiger partial charge in [0, 0.05) is 43.0 Å². The van der Waals surface area contributed by atoms with Crippen LogP contribution in [-0.2, 0) is 9.59 Å². The zero-order valence-electron chi connectivity index (χ0n) is 13.0. The van der Waals surface area contributed by atoms with Gasteiger partial charge >= 0.3 is 0 Å². The van der Waals surface area contributed by atoms with E-state index in [1.165, 1.54) is 19.3 Å². The maximum Gasteiger partial charge on any atom is 0.221 e. The quantitative estimate of drug-likeness (QED) is 0.677. The van der Waals surface area contributed by atoms with E-state index in [4.69, 9.17) is 5.73 Å². The molecule has 2 atom stereocenters. The first-order chi connectivity index (χ1) is 10.1. The SMILES string of the molecule is Cl.NC(=O)CC(NC(=O)CC1CSCCN1)C1CCCCC1. The fourth-order valence-electron chi connectivity index (χ4n) is 3.33.